The topological polar surface area (TPSA) is 162 Å². The molecule has 0 spiro atoms. The first-order valence-corrected chi connectivity index (χ1v) is 11.9. The molecule has 11 heteroatoms. The molecule has 2 heterocycles. The molecule has 0 bridgehead atoms. The standard InChI is InChI=1S/C20H27N3O.C6H8O7/c1-3-11-23-17(2)19(13-21-23)15-22(16-20-10-7-12-24-20)14-18-8-5-4-6-9-18;7-3(8)1-6(13,5(11)12)2-4(9)10/h3-6,8-9,13,20H,1,7,10-12,14-16H2,2H3;13H,1-2H2,(H,7,8)(H,9,10)(H,11,12). The fourth-order valence-electron chi connectivity index (χ4n) is 4.00. The summed E-state index contributed by atoms with van der Waals surface area (Å²) in [7, 11) is 0. The summed E-state index contributed by atoms with van der Waals surface area (Å²) >= 11 is 0. The highest BCUT2D eigenvalue weighted by Crippen LogP contribution is 2.19. The van der Waals surface area contributed by atoms with E-state index in [0.29, 0.717) is 6.10 Å². The Balaban J connectivity index is 0.000000317. The molecule has 1 saturated heterocycles. The van der Waals surface area contributed by atoms with E-state index < -0.39 is 36.4 Å². The zero-order chi connectivity index (χ0) is 27.4. The Labute approximate surface area is 215 Å². The molecule has 4 N–H and O–H groups in total. The van der Waals surface area contributed by atoms with Crippen LogP contribution in [0.4, 0.5) is 0 Å². The van der Waals surface area contributed by atoms with Gasteiger partial charge in [0.2, 0.25) is 0 Å². The third kappa shape index (κ3) is 9.79. The van der Waals surface area contributed by atoms with Gasteiger partial charge < -0.3 is 25.2 Å². The molecular weight excluding hydrogens is 482 g/mol. The summed E-state index contributed by atoms with van der Waals surface area (Å²) in [6.45, 7) is 10.4. The normalized spacial score (nSPS) is 15.2. The molecule has 1 aliphatic rings. The second-order valence-corrected chi connectivity index (χ2v) is 8.99. The number of carboxylic acid groups (broad SMARTS) is 3. The van der Waals surface area contributed by atoms with Crippen molar-refractivity contribution in [3.63, 3.8) is 0 Å². The van der Waals surface area contributed by atoms with E-state index in [1.165, 1.54) is 29.7 Å². The molecule has 1 aliphatic heterocycles. The highest BCUT2D eigenvalue weighted by atomic mass is 16.5. The van der Waals surface area contributed by atoms with E-state index in [4.69, 9.17) is 25.2 Å². The van der Waals surface area contributed by atoms with Crippen LogP contribution in [-0.2, 0) is 38.8 Å². The van der Waals surface area contributed by atoms with Gasteiger partial charge >= 0.3 is 17.9 Å². The van der Waals surface area contributed by atoms with Crippen molar-refractivity contribution in [2.75, 3.05) is 13.2 Å². The molecule has 3 rings (SSSR count). The molecule has 37 heavy (non-hydrogen) atoms. The maximum absolute atomic E-state index is 10.3. The highest BCUT2D eigenvalue weighted by molar-refractivity contribution is 5.88. The zero-order valence-corrected chi connectivity index (χ0v) is 21.0. The van der Waals surface area contributed by atoms with Crippen LogP contribution in [0.25, 0.3) is 0 Å². The van der Waals surface area contributed by atoms with Crippen molar-refractivity contribution in [1.29, 1.82) is 0 Å². The van der Waals surface area contributed by atoms with Crippen LogP contribution in [0, 0.1) is 6.92 Å². The minimum absolute atomic E-state index is 0.359. The van der Waals surface area contributed by atoms with Crippen molar-refractivity contribution < 1.29 is 39.5 Å². The zero-order valence-electron chi connectivity index (χ0n) is 21.0. The number of benzene rings is 1. The quantitative estimate of drug-likeness (QED) is 0.290. The Morgan fingerprint density at radius 2 is 1.81 bits per heavy atom. The van der Waals surface area contributed by atoms with Gasteiger partial charge in [-0.25, -0.2) is 4.79 Å². The van der Waals surface area contributed by atoms with Crippen molar-refractivity contribution in [2.24, 2.45) is 0 Å². The first-order valence-electron chi connectivity index (χ1n) is 11.9. The second-order valence-electron chi connectivity index (χ2n) is 8.99. The van der Waals surface area contributed by atoms with Crippen LogP contribution in [-0.4, -0.2) is 77.9 Å². The number of ether oxygens (including phenoxy) is 1. The van der Waals surface area contributed by atoms with Crippen LogP contribution in [0.15, 0.2) is 49.2 Å². The van der Waals surface area contributed by atoms with Crippen LogP contribution in [0.3, 0.4) is 0 Å². The number of hydrogen-bond acceptors (Lipinski definition) is 7. The average Bonchev–Trinajstić information content (AvgIpc) is 3.45. The minimum atomic E-state index is -2.74. The summed E-state index contributed by atoms with van der Waals surface area (Å²) in [5.74, 6) is -5.02. The fraction of sp³-hybridized carbons (Fsp3) is 0.462. The van der Waals surface area contributed by atoms with Crippen LogP contribution < -0.4 is 0 Å². The Bertz CT molecular complexity index is 1030. The predicted octanol–water partition coefficient (Wildman–Crippen LogP) is 2.31. The number of hydrogen-bond donors (Lipinski definition) is 4. The minimum Gasteiger partial charge on any atom is -0.481 e. The molecular formula is C26H35N3O8. The molecule has 2 aromatic rings. The van der Waals surface area contributed by atoms with Gasteiger partial charge in [-0.05, 0) is 25.3 Å². The molecule has 0 radical (unpaired) electrons. The second kappa shape index (κ2) is 14.3. The predicted molar refractivity (Wildman–Crippen MR) is 134 cm³/mol. The van der Waals surface area contributed by atoms with E-state index in [0.717, 1.165) is 32.8 Å². The van der Waals surface area contributed by atoms with E-state index in [9.17, 15) is 14.4 Å². The summed E-state index contributed by atoms with van der Waals surface area (Å²) in [6, 6.07) is 10.7. The lowest BCUT2D eigenvalue weighted by atomic mass is 9.96. The summed E-state index contributed by atoms with van der Waals surface area (Å²) in [4.78, 5) is 33.0. The van der Waals surface area contributed by atoms with E-state index in [-0.39, 0.29) is 0 Å². The Morgan fingerprint density at radius 1 is 1.16 bits per heavy atom. The first-order chi connectivity index (χ1) is 17.5. The monoisotopic (exact) mass is 517 g/mol. The van der Waals surface area contributed by atoms with Crippen LogP contribution >= 0.6 is 0 Å². The maximum Gasteiger partial charge on any atom is 0.336 e. The van der Waals surface area contributed by atoms with E-state index in [1.54, 1.807) is 0 Å². The summed E-state index contributed by atoms with van der Waals surface area (Å²) in [6.07, 6.45) is 4.30. The smallest absolute Gasteiger partial charge is 0.336 e. The van der Waals surface area contributed by atoms with Gasteiger partial charge in [0.05, 0.1) is 31.7 Å². The van der Waals surface area contributed by atoms with Gasteiger partial charge in [-0.1, -0.05) is 36.4 Å². The van der Waals surface area contributed by atoms with Gasteiger partial charge in [0, 0.05) is 37.5 Å². The van der Waals surface area contributed by atoms with Crippen molar-refractivity contribution in [2.45, 2.75) is 63.9 Å². The highest BCUT2D eigenvalue weighted by Gasteiger charge is 2.40. The molecule has 1 fully saturated rings. The van der Waals surface area contributed by atoms with E-state index in [2.05, 4.69) is 53.8 Å². The number of nitrogens with zero attached hydrogens (tertiary/aromatic N) is 3. The largest absolute Gasteiger partial charge is 0.481 e. The molecule has 1 unspecified atom stereocenters. The van der Waals surface area contributed by atoms with Gasteiger partial charge in [-0.15, -0.1) is 6.58 Å². The summed E-state index contributed by atoms with van der Waals surface area (Å²) in [5.41, 5.74) is 1.11. The Hall–Kier alpha value is -3.54. The maximum atomic E-state index is 10.3. The number of aliphatic hydroxyl groups is 1. The van der Waals surface area contributed by atoms with Gasteiger partial charge in [-0.2, -0.15) is 5.10 Å². The van der Waals surface area contributed by atoms with Crippen molar-refractivity contribution >= 4 is 17.9 Å². The first kappa shape index (κ1) is 29.7. The van der Waals surface area contributed by atoms with Crippen molar-refractivity contribution in [1.82, 2.24) is 14.7 Å². The molecule has 11 nitrogen and oxygen atoms in total. The summed E-state index contributed by atoms with van der Waals surface area (Å²) in [5, 5.41) is 38.3. The van der Waals surface area contributed by atoms with Crippen molar-refractivity contribution in [3.05, 3.63) is 66.0 Å². The lowest BCUT2D eigenvalue weighted by Crippen LogP contribution is -2.42. The SMILES string of the molecule is C=CCn1ncc(CN(Cc2ccccc2)CC2CCCO2)c1C.O=C(O)CC(O)(CC(=O)O)C(=O)O. The van der Waals surface area contributed by atoms with Crippen LogP contribution in [0.1, 0.15) is 42.5 Å². The van der Waals surface area contributed by atoms with E-state index >= 15 is 0 Å². The third-order valence-corrected chi connectivity index (χ3v) is 5.92. The lowest BCUT2D eigenvalue weighted by Gasteiger charge is -2.25. The van der Waals surface area contributed by atoms with Gasteiger partial charge in [0.1, 0.15) is 0 Å². The molecule has 1 atom stereocenters. The number of rotatable bonds is 13. The van der Waals surface area contributed by atoms with Crippen molar-refractivity contribution in [3.8, 4) is 0 Å². The molecule has 202 valence electrons. The number of carboxylic acids is 3. The Morgan fingerprint density at radius 3 is 2.32 bits per heavy atom. The van der Waals surface area contributed by atoms with E-state index in [1.807, 2.05) is 17.0 Å². The molecule has 1 aromatic carbocycles. The van der Waals surface area contributed by atoms with Gasteiger partial charge in [0.15, 0.2) is 5.60 Å². The lowest BCUT2D eigenvalue weighted by molar-refractivity contribution is -0.170. The summed E-state index contributed by atoms with van der Waals surface area (Å²) < 4.78 is 7.87. The number of allylic oxidation sites excluding steroid dienone is 1. The number of aliphatic carboxylic acids is 3. The Kier molecular flexibility index (Phi) is 11.4. The average molecular weight is 518 g/mol. The fourth-order valence-corrected chi connectivity index (χ4v) is 4.00. The van der Waals surface area contributed by atoms with Gasteiger partial charge in [0.25, 0.3) is 0 Å². The molecule has 1 aromatic heterocycles. The molecule has 0 saturated carbocycles. The van der Waals surface area contributed by atoms with Crippen LogP contribution in [0.2, 0.25) is 0 Å². The third-order valence-electron chi connectivity index (χ3n) is 5.92. The molecule has 0 aliphatic carbocycles. The number of aromatic nitrogens is 2. The number of carbonyl (C=O) groups is 3. The van der Waals surface area contributed by atoms with Crippen LogP contribution in [0.5, 0.6) is 0 Å². The van der Waals surface area contributed by atoms with Gasteiger partial charge in [-0.3, -0.25) is 19.2 Å². The molecule has 0 amide bonds.